The van der Waals surface area contributed by atoms with Gasteiger partial charge < -0.3 is 14.3 Å². The van der Waals surface area contributed by atoms with Gasteiger partial charge in [-0.25, -0.2) is 4.79 Å². The number of hydrogen-bond donors (Lipinski definition) is 0. The van der Waals surface area contributed by atoms with Crippen molar-refractivity contribution in [2.45, 2.75) is 57.5 Å². The second-order valence-corrected chi connectivity index (χ2v) is 5.33. The van der Waals surface area contributed by atoms with E-state index < -0.39 is 0 Å². The lowest BCUT2D eigenvalue weighted by Gasteiger charge is -2.25. The van der Waals surface area contributed by atoms with Crippen LogP contribution in [0.1, 0.15) is 51.4 Å². The van der Waals surface area contributed by atoms with Crippen molar-refractivity contribution in [2.24, 2.45) is 5.92 Å². The molecule has 1 saturated carbocycles. The van der Waals surface area contributed by atoms with Crippen LogP contribution in [0.5, 0.6) is 0 Å². The van der Waals surface area contributed by atoms with E-state index in [-0.39, 0.29) is 11.9 Å². The maximum atomic E-state index is 10.8. The largest absolute Gasteiger partial charge is 0.463 e. The highest BCUT2D eigenvalue weighted by Gasteiger charge is 2.20. The molecule has 0 unspecified atom stereocenters. The van der Waals surface area contributed by atoms with Crippen LogP contribution in [0.4, 0.5) is 0 Å². The van der Waals surface area contributed by atoms with Gasteiger partial charge in [0, 0.05) is 18.6 Å². The van der Waals surface area contributed by atoms with Crippen LogP contribution < -0.4 is 0 Å². The summed E-state index contributed by atoms with van der Waals surface area (Å²) in [6.07, 6.45) is 10.7. The summed E-state index contributed by atoms with van der Waals surface area (Å²) in [6, 6.07) is 0. The van der Waals surface area contributed by atoms with E-state index in [1.165, 1.54) is 6.08 Å². The van der Waals surface area contributed by atoms with Crippen LogP contribution in [-0.2, 0) is 19.1 Å². The number of rotatable bonds is 10. The summed E-state index contributed by atoms with van der Waals surface area (Å²) in [5.74, 6) is -0.0904. The van der Waals surface area contributed by atoms with Gasteiger partial charge in [0.25, 0.3) is 0 Å². The van der Waals surface area contributed by atoms with E-state index in [9.17, 15) is 9.59 Å². The molecule has 0 spiro atoms. The summed E-state index contributed by atoms with van der Waals surface area (Å²) in [7, 11) is 0. The SMILES string of the molecule is C=CC(=O)OCCCCCCOC1CCC(C=O)CC1. The van der Waals surface area contributed by atoms with Gasteiger partial charge in [-0.2, -0.15) is 0 Å². The third kappa shape index (κ3) is 7.43. The third-order valence-electron chi connectivity index (χ3n) is 3.71. The Morgan fingerprint density at radius 3 is 2.30 bits per heavy atom. The highest BCUT2D eigenvalue weighted by atomic mass is 16.5. The van der Waals surface area contributed by atoms with E-state index in [4.69, 9.17) is 9.47 Å². The second-order valence-electron chi connectivity index (χ2n) is 5.33. The molecule has 0 N–H and O–H groups in total. The number of esters is 1. The van der Waals surface area contributed by atoms with Gasteiger partial charge in [0.2, 0.25) is 0 Å². The summed E-state index contributed by atoms with van der Waals surface area (Å²) in [4.78, 5) is 21.4. The summed E-state index contributed by atoms with van der Waals surface area (Å²) >= 11 is 0. The Hall–Kier alpha value is -1.16. The molecular formula is C16H26O4. The van der Waals surface area contributed by atoms with Gasteiger partial charge in [-0.05, 0) is 44.9 Å². The van der Waals surface area contributed by atoms with Crippen LogP contribution in [0.3, 0.4) is 0 Å². The van der Waals surface area contributed by atoms with Gasteiger partial charge >= 0.3 is 5.97 Å². The maximum absolute atomic E-state index is 10.8. The lowest BCUT2D eigenvalue weighted by molar-refractivity contribution is -0.137. The Labute approximate surface area is 121 Å². The van der Waals surface area contributed by atoms with Gasteiger partial charge in [0.15, 0.2) is 0 Å². The smallest absolute Gasteiger partial charge is 0.330 e. The topological polar surface area (TPSA) is 52.6 Å². The average Bonchev–Trinajstić information content (AvgIpc) is 2.50. The van der Waals surface area contributed by atoms with Crippen LogP contribution in [-0.4, -0.2) is 31.6 Å². The molecule has 0 heterocycles. The standard InChI is InChI=1S/C16H26O4/c1-2-16(18)20-12-6-4-3-5-11-19-15-9-7-14(13-17)8-10-15/h2,13-15H,1,3-12H2. The zero-order valence-electron chi connectivity index (χ0n) is 12.2. The molecule has 20 heavy (non-hydrogen) atoms. The quantitative estimate of drug-likeness (QED) is 0.267. The van der Waals surface area contributed by atoms with Crippen LogP contribution in [0.25, 0.3) is 0 Å². The third-order valence-corrected chi connectivity index (χ3v) is 3.71. The molecule has 1 aliphatic rings. The molecule has 1 rings (SSSR count). The molecule has 0 aromatic rings. The molecule has 0 aromatic carbocycles. The fraction of sp³-hybridized carbons (Fsp3) is 0.750. The molecule has 0 aliphatic heterocycles. The molecule has 0 atom stereocenters. The number of aldehydes is 1. The Bertz CT molecular complexity index is 293. The maximum Gasteiger partial charge on any atom is 0.330 e. The fourth-order valence-corrected chi connectivity index (χ4v) is 2.43. The van der Waals surface area contributed by atoms with Gasteiger partial charge in [0.05, 0.1) is 12.7 Å². The monoisotopic (exact) mass is 282 g/mol. The van der Waals surface area contributed by atoms with Crippen molar-refractivity contribution in [3.63, 3.8) is 0 Å². The Balaban J connectivity index is 1.86. The molecule has 0 saturated heterocycles. The molecule has 114 valence electrons. The lowest BCUT2D eigenvalue weighted by atomic mass is 9.88. The molecule has 4 heteroatoms. The van der Waals surface area contributed by atoms with Gasteiger partial charge in [-0.1, -0.05) is 13.0 Å². The van der Waals surface area contributed by atoms with E-state index in [0.29, 0.717) is 12.7 Å². The number of carbonyl (C=O) groups excluding carboxylic acids is 2. The molecule has 1 aliphatic carbocycles. The van der Waals surface area contributed by atoms with Crippen molar-refractivity contribution >= 4 is 12.3 Å². The Kier molecular flexibility index (Phi) is 8.96. The Morgan fingerprint density at radius 2 is 1.70 bits per heavy atom. The van der Waals surface area contributed by atoms with Crippen molar-refractivity contribution in [1.29, 1.82) is 0 Å². The van der Waals surface area contributed by atoms with Gasteiger partial charge in [0.1, 0.15) is 6.29 Å². The van der Waals surface area contributed by atoms with Crippen LogP contribution >= 0.6 is 0 Å². The van der Waals surface area contributed by atoms with Crippen molar-refractivity contribution in [3.05, 3.63) is 12.7 Å². The predicted octanol–water partition coefficient (Wildman–Crippen LogP) is 3.05. The lowest BCUT2D eigenvalue weighted by Crippen LogP contribution is -2.22. The normalized spacial score (nSPS) is 22.2. The fourth-order valence-electron chi connectivity index (χ4n) is 2.43. The molecule has 0 radical (unpaired) electrons. The number of ether oxygens (including phenoxy) is 2. The predicted molar refractivity (Wildman–Crippen MR) is 77.4 cm³/mol. The van der Waals surface area contributed by atoms with E-state index >= 15 is 0 Å². The van der Waals surface area contributed by atoms with Crippen LogP contribution in [0.2, 0.25) is 0 Å². The summed E-state index contributed by atoms with van der Waals surface area (Å²) in [5, 5.41) is 0. The first-order valence-electron chi connectivity index (χ1n) is 7.62. The van der Waals surface area contributed by atoms with Crippen molar-refractivity contribution in [2.75, 3.05) is 13.2 Å². The van der Waals surface area contributed by atoms with E-state index in [1.807, 2.05) is 0 Å². The molecule has 0 amide bonds. The van der Waals surface area contributed by atoms with Crippen molar-refractivity contribution in [3.8, 4) is 0 Å². The van der Waals surface area contributed by atoms with Crippen molar-refractivity contribution in [1.82, 2.24) is 0 Å². The van der Waals surface area contributed by atoms with Gasteiger partial charge in [-0.3, -0.25) is 0 Å². The highest BCUT2D eigenvalue weighted by molar-refractivity contribution is 5.81. The van der Waals surface area contributed by atoms with E-state index in [0.717, 1.165) is 64.3 Å². The zero-order chi connectivity index (χ0) is 14.6. The van der Waals surface area contributed by atoms with Crippen molar-refractivity contribution < 1.29 is 19.1 Å². The first-order chi connectivity index (χ1) is 9.76. The molecule has 1 fully saturated rings. The molecular weight excluding hydrogens is 256 g/mol. The molecule has 0 bridgehead atoms. The van der Waals surface area contributed by atoms with Crippen LogP contribution in [0, 0.1) is 5.92 Å². The minimum atomic E-state index is -0.348. The molecule has 0 aromatic heterocycles. The van der Waals surface area contributed by atoms with E-state index in [1.54, 1.807) is 0 Å². The summed E-state index contributed by atoms with van der Waals surface area (Å²) in [6.45, 7) is 4.61. The summed E-state index contributed by atoms with van der Waals surface area (Å²) in [5.41, 5.74) is 0. The average molecular weight is 282 g/mol. The minimum absolute atomic E-state index is 0.258. The second kappa shape index (κ2) is 10.6. The number of hydrogen-bond acceptors (Lipinski definition) is 4. The first kappa shape index (κ1) is 16.9. The zero-order valence-corrected chi connectivity index (χ0v) is 12.2. The molecule has 4 nitrogen and oxygen atoms in total. The van der Waals surface area contributed by atoms with Gasteiger partial charge in [-0.15, -0.1) is 0 Å². The summed E-state index contributed by atoms with van der Waals surface area (Å²) < 4.78 is 10.7. The number of carbonyl (C=O) groups is 2. The first-order valence-corrected chi connectivity index (χ1v) is 7.62. The highest BCUT2D eigenvalue weighted by Crippen LogP contribution is 2.24. The Morgan fingerprint density at radius 1 is 1.05 bits per heavy atom. The van der Waals surface area contributed by atoms with Crippen LogP contribution in [0.15, 0.2) is 12.7 Å². The number of unbranched alkanes of at least 4 members (excludes halogenated alkanes) is 3. The van der Waals surface area contributed by atoms with E-state index in [2.05, 4.69) is 6.58 Å². The minimum Gasteiger partial charge on any atom is -0.463 e.